The molecule has 0 saturated heterocycles. The van der Waals surface area contributed by atoms with E-state index in [1.165, 1.54) is 21.3 Å². The average molecular weight is 531 g/mol. The Morgan fingerprint density at radius 3 is 2.06 bits per heavy atom. The molecule has 0 atom stereocenters. The normalized spacial score (nSPS) is 17.5. The summed E-state index contributed by atoms with van der Waals surface area (Å²) in [5, 5.41) is 0. The van der Waals surface area contributed by atoms with E-state index in [4.69, 9.17) is 31.4 Å². The van der Waals surface area contributed by atoms with Crippen molar-refractivity contribution in [1.29, 1.82) is 0 Å². The molecule has 2 aliphatic rings. The number of thiocarbonyl (C=S) groups is 1. The predicted molar refractivity (Wildman–Crippen MR) is 136 cm³/mol. The van der Waals surface area contributed by atoms with E-state index in [1.54, 1.807) is 17.0 Å². The second kappa shape index (κ2) is 9.81. The Morgan fingerprint density at radius 1 is 0.970 bits per heavy atom. The molecular formula is C25H27BrN2O4S. The number of hydrogen-bond donors (Lipinski definition) is 0. The van der Waals surface area contributed by atoms with Crippen LogP contribution in [0.1, 0.15) is 54.4 Å². The van der Waals surface area contributed by atoms with Crippen molar-refractivity contribution >= 4 is 44.8 Å². The summed E-state index contributed by atoms with van der Waals surface area (Å²) in [7, 11) is 4.61. The third-order valence-corrected chi connectivity index (χ3v) is 7.18. The molecule has 0 aromatic heterocycles. The number of aliphatic imine (C=N–C) groups is 1. The summed E-state index contributed by atoms with van der Waals surface area (Å²) in [6.45, 7) is 0. The Bertz CT molecular complexity index is 1070. The second-order valence-corrected chi connectivity index (χ2v) is 9.53. The zero-order valence-corrected chi connectivity index (χ0v) is 21.4. The number of carbonyl (C=O) groups excluding carboxylic acids is 1. The van der Waals surface area contributed by atoms with E-state index < -0.39 is 5.66 Å². The maximum Gasteiger partial charge on any atom is 0.261 e. The number of ether oxygens (including phenoxy) is 3. The number of nitrogens with zero attached hydrogens (tertiary/aromatic N) is 2. The molecule has 174 valence electrons. The van der Waals surface area contributed by atoms with Crippen molar-refractivity contribution in [1.82, 2.24) is 4.90 Å². The molecule has 33 heavy (non-hydrogen) atoms. The minimum Gasteiger partial charge on any atom is -0.493 e. The van der Waals surface area contributed by atoms with Crippen LogP contribution in [-0.2, 0) is 0 Å². The molecule has 4 rings (SSSR count). The van der Waals surface area contributed by atoms with Gasteiger partial charge in [0.15, 0.2) is 11.5 Å². The van der Waals surface area contributed by atoms with Gasteiger partial charge in [-0.2, -0.15) is 0 Å². The van der Waals surface area contributed by atoms with Crippen molar-refractivity contribution in [2.45, 2.75) is 44.2 Å². The fourth-order valence-electron chi connectivity index (χ4n) is 4.64. The van der Waals surface area contributed by atoms with Gasteiger partial charge >= 0.3 is 0 Å². The highest BCUT2D eigenvalue weighted by molar-refractivity contribution is 9.10. The smallest absolute Gasteiger partial charge is 0.261 e. The first-order valence-corrected chi connectivity index (χ1v) is 12.2. The van der Waals surface area contributed by atoms with Gasteiger partial charge in [0.2, 0.25) is 5.75 Å². The van der Waals surface area contributed by atoms with Crippen molar-refractivity contribution in [3.05, 3.63) is 52.0 Å². The van der Waals surface area contributed by atoms with Gasteiger partial charge in [-0.3, -0.25) is 14.7 Å². The Kier molecular flexibility index (Phi) is 7.05. The van der Waals surface area contributed by atoms with E-state index in [-0.39, 0.29) is 5.91 Å². The minimum atomic E-state index is -0.673. The number of amides is 1. The number of methoxy groups -OCH3 is 3. The molecule has 1 amide bonds. The third-order valence-electron chi connectivity index (χ3n) is 6.28. The van der Waals surface area contributed by atoms with Gasteiger partial charge in [0.25, 0.3) is 5.91 Å². The molecule has 1 spiro atoms. The van der Waals surface area contributed by atoms with Crippen molar-refractivity contribution in [3.63, 3.8) is 0 Å². The van der Waals surface area contributed by atoms with E-state index >= 15 is 0 Å². The Hall–Kier alpha value is -2.45. The zero-order chi connectivity index (χ0) is 23.6. The first kappa shape index (κ1) is 23.7. The fourth-order valence-corrected chi connectivity index (χ4v) is 5.32. The molecule has 1 aliphatic heterocycles. The van der Waals surface area contributed by atoms with Crippen molar-refractivity contribution < 1.29 is 19.0 Å². The van der Waals surface area contributed by atoms with Crippen LogP contribution in [0, 0.1) is 0 Å². The van der Waals surface area contributed by atoms with Crippen LogP contribution in [0.4, 0.5) is 0 Å². The first-order valence-electron chi connectivity index (χ1n) is 11.0. The molecule has 2 aromatic carbocycles. The van der Waals surface area contributed by atoms with Crippen LogP contribution in [-0.4, -0.2) is 48.5 Å². The number of rotatable bonds is 5. The van der Waals surface area contributed by atoms with Crippen LogP contribution in [0.25, 0.3) is 0 Å². The number of benzene rings is 2. The maximum absolute atomic E-state index is 14.0. The van der Waals surface area contributed by atoms with Crippen LogP contribution in [0.3, 0.4) is 0 Å². The molecular weight excluding hydrogens is 504 g/mol. The highest BCUT2D eigenvalue weighted by atomic mass is 79.9. The SMILES string of the molecule is COc1cc(C(=O)N2C(=S)C(c3ccc(Br)cc3)=NC23CCCCCC3)cc(OC)c1OC. The number of hydrogen-bond acceptors (Lipinski definition) is 6. The lowest BCUT2D eigenvalue weighted by Crippen LogP contribution is -2.49. The molecule has 0 radical (unpaired) electrons. The maximum atomic E-state index is 14.0. The summed E-state index contributed by atoms with van der Waals surface area (Å²) < 4.78 is 17.4. The number of halogens is 1. The van der Waals surface area contributed by atoms with Gasteiger partial charge in [0.1, 0.15) is 16.4 Å². The fraction of sp³-hybridized carbons (Fsp3) is 0.400. The molecule has 0 unspecified atom stereocenters. The summed E-state index contributed by atoms with van der Waals surface area (Å²) in [5.74, 6) is 1.08. The average Bonchev–Trinajstić information content (AvgIpc) is 2.96. The highest BCUT2D eigenvalue weighted by Crippen LogP contribution is 2.43. The molecule has 1 heterocycles. The lowest BCUT2D eigenvalue weighted by atomic mass is 9.98. The van der Waals surface area contributed by atoms with Gasteiger partial charge in [-0.1, -0.05) is 53.1 Å². The third kappa shape index (κ3) is 4.38. The Morgan fingerprint density at radius 2 is 1.55 bits per heavy atom. The summed E-state index contributed by atoms with van der Waals surface area (Å²) in [4.78, 5) is 21.3. The molecule has 6 nitrogen and oxygen atoms in total. The van der Waals surface area contributed by atoms with Crippen molar-refractivity contribution in [3.8, 4) is 17.2 Å². The lowest BCUT2D eigenvalue weighted by Gasteiger charge is -2.35. The van der Waals surface area contributed by atoms with E-state index in [2.05, 4.69) is 15.9 Å². The van der Waals surface area contributed by atoms with Crippen LogP contribution in [0.5, 0.6) is 17.2 Å². The second-order valence-electron chi connectivity index (χ2n) is 8.22. The largest absolute Gasteiger partial charge is 0.493 e. The van der Waals surface area contributed by atoms with Gasteiger partial charge in [-0.15, -0.1) is 0 Å². The van der Waals surface area contributed by atoms with E-state index in [9.17, 15) is 4.79 Å². The lowest BCUT2D eigenvalue weighted by molar-refractivity contribution is 0.0691. The summed E-state index contributed by atoms with van der Waals surface area (Å²) in [6, 6.07) is 11.2. The monoisotopic (exact) mass is 530 g/mol. The van der Waals surface area contributed by atoms with E-state index in [0.29, 0.717) is 33.5 Å². The van der Waals surface area contributed by atoms with Gasteiger partial charge in [0.05, 0.1) is 21.3 Å². The standard InChI is InChI=1S/C25H27BrN2O4S/c1-30-19-14-17(15-20(31-2)22(19)32-3)23(29)28-24(33)21(16-8-10-18(26)11-9-16)27-25(28)12-6-4-5-7-13-25/h8-11,14-15H,4-7,12-13H2,1-3H3. The molecule has 1 aliphatic carbocycles. The van der Waals surface area contributed by atoms with Crippen molar-refractivity contribution in [2.75, 3.05) is 21.3 Å². The summed E-state index contributed by atoms with van der Waals surface area (Å²) in [6.07, 6.45) is 5.82. The van der Waals surface area contributed by atoms with Gasteiger partial charge in [0, 0.05) is 15.6 Å². The molecule has 8 heteroatoms. The molecule has 0 N–H and O–H groups in total. The molecule has 0 bridgehead atoms. The summed E-state index contributed by atoms with van der Waals surface area (Å²) >= 11 is 9.38. The topological polar surface area (TPSA) is 60.4 Å². The quantitative estimate of drug-likeness (QED) is 0.457. The minimum absolute atomic E-state index is 0.211. The van der Waals surface area contributed by atoms with Gasteiger partial charge in [-0.05, 0) is 49.9 Å². The Balaban J connectivity index is 1.80. The molecule has 1 fully saturated rings. The van der Waals surface area contributed by atoms with Crippen LogP contribution in [0.15, 0.2) is 45.9 Å². The molecule has 1 saturated carbocycles. The number of carbonyl (C=O) groups is 1. The summed E-state index contributed by atoms with van der Waals surface area (Å²) in [5.41, 5.74) is 1.35. The molecule has 2 aromatic rings. The van der Waals surface area contributed by atoms with Crippen molar-refractivity contribution in [2.24, 2.45) is 4.99 Å². The van der Waals surface area contributed by atoms with E-state index in [0.717, 1.165) is 48.6 Å². The highest BCUT2D eigenvalue weighted by Gasteiger charge is 2.48. The van der Waals surface area contributed by atoms with Gasteiger partial charge in [-0.25, -0.2) is 0 Å². The van der Waals surface area contributed by atoms with E-state index in [1.807, 2.05) is 24.3 Å². The van der Waals surface area contributed by atoms with Gasteiger partial charge < -0.3 is 14.2 Å². The van der Waals surface area contributed by atoms with Crippen LogP contribution in [0.2, 0.25) is 0 Å². The predicted octanol–water partition coefficient (Wildman–Crippen LogP) is 5.80. The Labute approximate surface area is 208 Å². The van der Waals surface area contributed by atoms with Crippen LogP contribution < -0.4 is 14.2 Å². The zero-order valence-electron chi connectivity index (χ0n) is 19.0. The van der Waals surface area contributed by atoms with Crippen LogP contribution >= 0.6 is 28.1 Å². The first-order chi connectivity index (χ1) is 15.9.